The van der Waals surface area contributed by atoms with Crippen LogP contribution in [0.25, 0.3) is 0 Å². The number of phenols is 1. The molecule has 1 saturated carbocycles. The van der Waals surface area contributed by atoms with E-state index < -0.39 is 22.8 Å². The fourth-order valence-electron chi connectivity index (χ4n) is 3.66. The lowest BCUT2D eigenvalue weighted by Gasteiger charge is -2.32. The lowest BCUT2D eigenvalue weighted by Crippen LogP contribution is -2.61. The summed E-state index contributed by atoms with van der Waals surface area (Å²) in [5.41, 5.74) is -0.276. The van der Waals surface area contributed by atoms with Crippen LogP contribution in [0.3, 0.4) is 0 Å². The Bertz CT molecular complexity index is 760. The van der Waals surface area contributed by atoms with Crippen molar-refractivity contribution in [2.24, 2.45) is 5.92 Å². The van der Waals surface area contributed by atoms with Crippen LogP contribution in [0.1, 0.15) is 58.4 Å². The molecule has 0 unspecified atom stereocenters. The van der Waals surface area contributed by atoms with E-state index >= 15 is 0 Å². The molecule has 1 aliphatic carbocycles. The van der Waals surface area contributed by atoms with E-state index in [0.29, 0.717) is 19.3 Å². The van der Waals surface area contributed by atoms with E-state index in [0.717, 1.165) is 18.4 Å². The number of rotatable bonds is 10. The molecule has 172 valence electrons. The normalized spacial score (nSPS) is 17.1. The van der Waals surface area contributed by atoms with Gasteiger partial charge in [0.2, 0.25) is 11.8 Å². The van der Waals surface area contributed by atoms with Gasteiger partial charge in [0, 0.05) is 6.42 Å². The third kappa shape index (κ3) is 6.89. The highest BCUT2D eigenvalue weighted by atomic mass is 32.1. The van der Waals surface area contributed by atoms with Crippen molar-refractivity contribution in [3.8, 4) is 5.75 Å². The minimum absolute atomic E-state index is 0.0242. The second kappa shape index (κ2) is 11.4. The predicted molar refractivity (Wildman–Crippen MR) is 122 cm³/mol. The topological polar surface area (TPSA) is 105 Å². The molecule has 0 bridgehead atoms. The van der Waals surface area contributed by atoms with Crippen molar-refractivity contribution in [2.45, 2.75) is 76.1 Å². The zero-order chi connectivity index (χ0) is 23.0. The molecule has 1 aromatic carbocycles. The number of phenolic OH excluding ortho intramolecular Hbond substituents is 1. The molecule has 0 spiro atoms. The Balaban J connectivity index is 2.19. The highest BCUT2D eigenvalue weighted by Gasteiger charge is 2.44. The van der Waals surface area contributed by atoms with Crippen LogP contribution in [0, 0.1) is 5.92 Å². The van der Waals surface area contributed by atoms with Gasteiger partial charge in [0.05, 0.1) is 11.9 Å². The first-order chi connectivity index (χ1) is 14.7. The van der Waals surface area contributed by atoms with Crippen LogP contribution < -0.4 is 10.6 Å². The number of nitrogens with one attached hydrogen (secondary N) is 2. The van der Waals surface area contributed by atoms with E-state index in [1.807, 2.05) is 20.8 Å². The Morgan fingerprint density at radius 3 is 2.32 bits per heavy atom. The Labute approximate surface area is 189 Å². The van der Waals surface area contributed by atoms with Crippen LogP contribution in [0.2, 0.25) is 0 Å². The molecule has 0 saturated heterocycles. The molecule has 0 radical (unpaired) electrons. The van der Waals surface area contributed by atoms with Crippen molar-refractivity contribution in [2.75, 3.05) is 6.61 Å². The summed E-state index contributed by atoms with van der Waals surface area (Å²) in [5.74, 6) is -1.02. The maximum absolute atomic E-state index is 13.3. The predicted octanol–water partition coefficient (Wildman–Crippen LogP) is 2.76. The molecule has 8 heteroatoms. The molecule has 0 aromatic heterocycles. The zero-order valence-electron chi connectivity index (χ0n) is 18.5. The third-order valence-corrected chi connectivity index (χ3v) is 6.40. The number of hydrogen-bond donors (Lipinski definition) is 4. The molecule has 2 rings (SSSR count). The Morgan fingerprint density at radius 2 is 1.77 bits per heavy atom. The van der Waals surface area contributed by atoms with Gasteiger partial charge in [-0.15, -0.1) is 0 Å². The van der Waals surface area contributed by atoms with Crippen molar-refractivity contribution < 1.29 is 24.2 Å². The van der Waals surface area contributed by atoms with Gasteiger partial charge < -0.3 is 20.5 Å². The van der Waals surface area contributed by atoms with Crippen LogP contribution in [0.4, 0.5) is 0 Å². The average Bonchev–Trinajstić information content (AvgIpc) is 3.21. The smallest absolute Gasteiger partial charge is 0.328 e. The summed E-state index contributed by atoms with van der Waals surface area (Å²) in [6.45, 7) is 5.96. The minimum Gasteiger partial charge on any atom is -0.508 e. The van der Waals surface area contributed by atoms with Gasteiger partial charge in [0.1, 0.15) is 17.3 Å². The van der Waals surface area contributed by atoms with Gasteiger partial charge in [0.15, 0.2) is 0 Å². The van der Waals surface area contributed by atoms with Crippen LogP contribution in [-0.2, 0) is 25.5 Å². The summed E-state index contributed by atoms with van der Waals surface area (Å²) in [6, 6.07) is 5.56. The number of carbonyl (C=O) groups is 3. The molecule has 2 amide bonds. The minimum atomic E-state index is -1.05. The second-order valence-electron chi connectivity index (χ2n) is 8.53. The number of carbonyl (C=O) groups excluding carboxylic acids is 3. The largest absolute Gasteiger partial charge is 0.508 e. The second-order valence-corrected chi connectivity index (χ2v) is 9.09. The quantitative estimate of drug-likeness (QED) is 0.324. The monoisotopic (exact) mass is 450 g/mol. The summed E-state index contributed by atoms with van der Waals surface area (Å²) >= 11 is 4.38. The zero-order valence-corrected chi connectivity index (χ0v) is 19.4. The fraction of sp³-hybridized carbons (Fsp3) is 0.609. The van der Waals surface area contributed by atoms with Crippen LogP contribution >= 0.6 is 12.6 Å². The van der Waals surface area contributed by atoms with Crippen LogP contribution in [0.5, 0.6) is 5.75 Å². The van der Waals surface area contributed by atoms with Gasteiger partial charge in [0.25, 0.3) is 0 Å². The van der Waals surface area contributed by atoms with Gasteiger partial charge in [-0.3, -0.25) is 9.59 Å². The van der Waals surface area contributed by atoms with E-state index in [2.05, 4.69) is 23.3 Å². The summed E-state index contributed by atoms with van der Waals surface area (Å²) in [4.78, 5) is 38.6. The number of esters is 1. The Hall–Kier alpha value is -2.22. The molecule has 0 aliphatic heterocycles. The summed E-state index contributed by atoms with van der Waals surface area (Å²) in [5, 5.41) is 14.7. The van der Waals surface area contributed by atoms with Gasteiger partial charge in [-0.05, 0) is 42.9 Å². The SMILES string of the molecule is CCCOC(=O)[C@H](Cc1ccc(O)cc1)NC(=O)C1(NC(=O)[C@@H](S)C(C)C)CCCC1. The lowest BCUT2D eigenvalue weighted by atomic mass is 9.94. The number of benzene rings is 1. The van der Waals surface area contributed by atoms with E-state index in [9.17, 15) is 19.5 Å². The van der Waals surface area contributed by atoms with Crippen LogP contribution in [-0.4, -0.2) is 46.3 Å². The first-order valence-corrected chi connectivity index (χ1v) is 11.5. The van der Waals surface area contributed by atoms with Crippen molar-refractivity contribution in [1.82, 2.24) is 10.6 Å². The number of amides is 2. The van der Waals surface area contributed by atoms with Crippen molar-refractivity contribution in [3.05, 3.63) is 29.8 Å². The molecule has 1 fully saturated rings. The van der Waals surface area contributed by atoms with E-state index in [4.69, 9.17) is 4.74 Å². The molecule has 1 aliphatic rings. The Kier molecular flexibility index (Phi) is 9.22. The van der Waals surface area contributed by atoms with Gasteiger partial charge in [-0.2, -0.15) is 12.6 Å². The number of aromatic hydroxyl groups is 1. The molecule has 2 atom stereocenters. The van der Waals surface area contributed by atoms with Crippen molar-refractivity contribution >= 4 is 30.4 Å². The first kappa shape index (κ1) is 25.0. The van der Waals surface area contributed by atoms with Crippen molar-refractivity contribution in [1.29, 1.82) is 0 Å². The number of hydrogen-bond acceptors (Lipinski definition) is 6. The van der Waals surface area contributed by atoms with Gasteiger partial charge in [-0.25, -0.2) is 4.79 Å². The van der Waals surface area contributed by atoms with E-state index in [1.165, 1.54) is 12.1 Å². The maximum Gasteiger partial charge on any atom is 0.328 e. The van der Waals surface area contributed by atoms with Crippen LogP contribution in [0.15, 0.2) is 24.3 Å². The highest BCUT2D eigenvalue weighted by Crippen LogP contribution is 2.31. The number of ether oxygens (including phenoxy) is 1. The highest BCUT2D eigenvalue weighted by molar-refractivity contribution is 7.81. The molecule has 1 aromatic rings. The summed E-state index contributed by atoms with van der Waals surface area (Å²) in [7, 11) is 0. The van der Waals surface area contributed by atoms with Gasteiger partial charge >= 0.3 is 5.97 Å². The molecule has 3 N–H and O–H groups in total. The number of thiol groups is 1. The summed E-state index contributed by atoms with van der Waals surface area (Å²) < 4.78 is 5.29. The van der Waals surface area contributed by atoms with Gasteiger partial charge in [-0.1, -0.05) is 45.7 Å². The molecule has 0 heterocycles. The molecular weight excluding hydrogens is 416 g/mol. The first-order valence-electron chi connectivity index (χ1n) is 10.9. The summed E-state index contributed by atoms with van der Waals surface area (Å²) in [6.07, 6.45) is 3.55. The third-order valence-electron chi connectivity index (χ3n) is 5.57. The molecule has 31 heavy (non-hydrogen) atoms. The molecular formula is C23H34N2O5S. The van der Waals surface area contributed by atoms with E-state index in [1.54, 1.807) is 12.1 Å². The lowest BCUT2D eigenvalue weighted by molar-refractivity contribution is -0.148. The molecule has 7 nitrogen and oxygen atoms in total. The van der Waals surface area contributed by atoms with Crippen molar-refractivity contribution in [3.63, 3.8) is 0 Å². The van der Waals surface area contributed by atoms with E-state index in [-0.39, 0.29) is 36.5 Å². The Morgan fingerprint density at radius 1 is 1.16 bits per heavy atom. The maximum atomic E-state index is 13.3. The average molecular weight is 451 g/mol. The standard InChI is InChI=1S/C23H34N2O5S/c1-4-13-30-21(28)18(14-16-7-9-17(26)10-8-16)24-22(29)23(11-5-6-12-23)25-20(27)19(31)15(2)3/h7-10,15,18-19,26,31H,4-6,11-14H2,1-3H3,(H,24,29)(H,25,27)/t18-,19-/m0/s1. The fourth-order valence-corrected chi connectivity index (χ4v) is 3.73.